The molecule has 3 aliphatic rings. The minimum Gasteiger partial charge on any atom is -1.00 e. The Balaban J connectivity index is 0. The van der Waals surface area contributed by atoms with E-state index in [-0.39, 0.29) is 183 Å². The number of aryl methyl sites for hydroxylation is 2. The summed E-state index contributed by atoms with van der Waals surface area (Å²) in [6.45, 7) is 17.9. The Labute approximate surface area is 634 Å². The fourth-order valence-corrected chi connectivity index (χ4v) is 7.98. The number of ether oxygens (including phenoxy) is 12. The summed E-state index contributed by atoms with van der Waals surface area (Å²) >= 11 is 5.44. The summed E-state index contributed by atoms with van der Waals surface area (Å²) in [5.41, 5.74) is 54.6. The average molecular weight is 1550 g/mol. The van der Waals surface area contributed by atoms with Gasteiger partial charge in [0.1, 0.15) is 110 Å². The first-order valence-electron chi connectivity index (χ1n) is 31.4. The van der Waals surface area contributed by atoms with Gasteiger partial charge in [-0.3, -0.25) is 4.57 Å². The topological polar surface area (TPSA) is 738 Å². The second-order valence-corrected chi connectivity index (χ2v) is 24.2. The number of anilines is 10. The van der Waals surface area contributed by atoms with Crippen LogP contribution in [-0.4, -0.2) is 247 Å². The van der Waals surface area contributed by atoms with Crippen molar-refractivity contribution >= 4 is 78.0 Å². The Morgan fingerprint density at radius 3 is 1.23 bits per heavy atom. The molecule has 0 aromatic carbocycles. The van der Waals surface area contributed by atoms with Gasteiger partial charge in [-0.2, -0.15) is 49.8 Å². The van der Waals surface area contributed by atoms with Gasteiger partial charge in [0.2, 0.25) is 59.1 Å². The normalized spacial score (nSPS) is 16.0. The molecule has 105 heavy (non-hydrogen) atoms. The van der Waals surface area contributed by atoms with Crippen molar-refractivity contribution in [3.8, 4) is 29.4 Å². The monoisotopic (exact) mass is 1550 g/mol. The molecule has 0 saturated carbocycles. The summed E-state index contributed by atoms with van der Waals surface area (Å²) in [5, 5.41) is 53.6. The van der Waals surface area contributed by atoms with Crippen LogP contribution in [0.1, 0.15) is 73.7 Å². The molecule has 44 nitrogen and oxygen atoms in total. The maximum absolute atomic E-state index is 10.6. The molecule has 6 atom stereocenters. The van der Waals surface area contributed by atoms with Crippen LogP contribution in [0.25, 0.3) is 0 Å². The molecule has 6 unspecified atom stereocenters. The number of aromatic nitrogens is 12. The van der Waals surface area contributed by atoms with Crippen molar-refractivity contribution < 1.29 is 138 Å². The van der Waals surface area contributed by atoms with Gasteiger partial charge in [-0.05, 0) is 67.7 Å². The van der Waals surface area contributed by atoms with E-state index < -0.39 is 50.4 Å². The smallest absolute Gasteiger partial charge is 1.00 e. The molecular weight excluding hydrogens is 1450 g/mol. The first kappa shape index (κ1) is 97.4. The molecule has 9 heterocycles. The van der Waals surface area contributed by atoms with Crippen molar-refractivity contribution in [2.45, 2.75) is 123 Å². The van der Waals surface area contributed by atoms with Crippen molar-refractivity contribution in [1.82, 2.24) is 59.8 Å². The Bertz CT molecular complexity index is 3220. The predicted octanol–water partition coefficient (Wildman–Crippen LogP) is -4.85. The molecule has 9 rings (SSSR count). The molecule has 0 amide bonds. The van der Waals surface area contributed by atoms with E-state index >= 15 is 0 Å². The Morgan fingerprint density at radius 2 is 0.914 bits per heavy atom. The number of aliphatic hydroxyl groups excluding tert-OH is 6. The van der Waals surface area contributed by atoms with Crippen LogP contribution in [-0.2, 0) is 43.2 Å². The van der Waals surface area contributed by atoms with Crippen LogP contribution in [0.15, 0.2) is 36.4 Å². The van der Waals surface area contributed by atoms with Gasteiger partial charge in [0, 0.05) is 61.9 Å². The zero-order valence-electron chi connectivity index (χ0n) is 61.1. The van der Waals surface area contributed by atoms with Gasteiger partial charge >= 0.3 is 37.2 Å². The standard InChI is InChI=1S/C10H16N4O3.C10H16N2O2.C9H16N4O3.C8H15N4O6P.C7H12N4O3.C6H12O3.C4H5ClN4.C4H8O.Na.H2O.H/c1-10(2)16-5-6(17-10)4-15-8-3-7(11)13-9(12)14-8;1-4-9(13)6-14-10-5-7(2)11-8(3)12-10;1-2-15-6(4-14)5-16-8-3-7(10)12-9(11)13-8;9-6-1-7(12-8(10)11-6)17-3-5(2-13)18-4-19(14,15)16;8-5-1-6(11-7(9)10-5)14-3-4(13)2-12;1-6(2)8-4-5(3-7)9-6;5-2-1-3(6)9-4(7)8-2;1-2-4-5-3-1;;;/h3,6H,4-5H2,1-2H3,(H4,11,12,13,14);5,9,13H,4,6H2,1-3H3;3,6,14H,2,4-5H2,1H3,(H4,10,11,12,13);1,5,13H,2-4H2,(H2,14,15,16)(H4,9,10,11,12);1,4,12-13H,2-3H2,(H4,8,9,10,11);5,7H,3-4H2,1-2H3;1H,(H4,6,7,8,9);1-4H2;;1H2;/q;;;;;;;;+1;;-1/p+1. The molecule has 6 aromatic heterocycles. The van der Waals surface area contributed by atoms with Crippen molar-refractivity contribution in [2.24, 2.45) is 0 Å². The van der Waals surface area contributed by atoms with E-state index in [9.17, 15) is 9.67 Å². The summed E-state index contributed by atoms with van der Waals surface area (Å²) in [4.78, 5) is 62.5. The van der Waals surface area contributed by atoms with E-state index in [1.54, 1.807) is 6.07 Å². The summed E-state index contributed by atoms with van der Waals surface area (Å²) in [6, 6.07) is 8.84. The summed E-state index contributed by atoms with van der Waals surface area (Å²) in [7, 11) is -4.30. The Kier molecular flexibility index (Phi) is 47.8. The van der Waals surface area contributed by atoms with Crippen molar-refractivity contribution in [2.75, 3.05) is 156 Å². The number of rotatable bonds is 25. The molecule has 3 saturated heterocycles. The van der Waals surface area contributed by atoms with Gasteiger partial charge < -0.3 is 162 Å². The van der Waals surface area contributed by atoms with Crippen LogP contribution in [0.2, 0.25) is 5.15 Å². The van der Waals surface area contributed by atoms with Gasteiger partial charge in [-0.25, -0.2) is 9.97 Å². The third kappa shape index (κ3) is 46.8. The number of nitrogen functional groups attached to an aromatic ring is 10. The molecule has 3 aliphatic heterocycles. The van der Waals surface area contributed by atoms with Crippen LogP contribution >= 0.6 is 19.2 Å². The number of aliphatic hydroxyl groups is 6. The van der Waals surface area contributed by atoms with Crippen molar-refractivity contribution in [1.29, 1.82) is 0 Å². The molecule has 0 spiro atoms. The maximum atomic E-state index is 10.6. The molecule has 590 valence electrons. The molecule has 31 N–H and O–H groups in total. The number of nitrogens with two attached hydrogens (primary N) is 10. The van der Waals surface area contributed by atoms with Crippen molar-refractivity contribution in [3.63, 3.8) is 0 Å². The van der Waals surface area contributed by atoms with E-state index in [4.69, 9.17) is 161 Å². The maximum Gasteiger partial charge on any atom is 1.00 e. The molecule has 0 aliphatic carbocycles. The van der Waals surface area contributed by atoms with Crippen LogP contribution < -0.4 is 111 Å². The fourth-order valence-electron chi connectivity index (χ4n) is 7.37. The molecule has 0 bridgehead atoms. The molecule has 0 radical (unpaired) electrons. The SMILES string of the molecule is C1CCOC1.CC1(C)OCC(CO)O1.CC1(C)OCC(COc2cc(N)nc(N)n2)O1.CCC(O)COc1cc(C)nc(C)n1.CCOC(CO)COc1cc(N)nc(N)n1.Nc1cc(Cl)nc(N)n1.Nc1cc(OCC(CO)OCP(=O)(O)O)nc(N)n1.Nc1cc(OCC(O)CO)nc(N)n1.[H-].[Na+].[OH3+]. The zero-order chi connectivity index (χ0) is 77.3. The number of hydrogen-bond acceptors (Lipinski definition) is 41. The Morgan fingerprint density at radius 1 is 0.533 bits per heavy atom. The van der Waals surface area contributed by atoms with Gasteiger partial charge in [-0.1, -0.05) is 18.5 Å². The third-order valence-corrected chi connectivity index (χ3v) is 12.5. The van der Waals surface area contributed by atoms with E-state index in [1.807, 2.05) is 55.4 Å². The minimum atomic E-state index is -4.30. The van der Waals surface area contributed by atoms with E-state index in [0.29, 0.717) is 50.4 Å². The van der Waals surface area contributed by atoms with Gasteiger partial charge in [0.05, 0.1) is 45.7 Å². The van der Waals surface area contributed by atoms with Crippen LogP contribution in [0.5, 0.6) is 29.4 Å². The van der Waals surface area contributed by atoms with E-state index in [0.717, 1.165) is 18.9 Å². The number of halogens is 1. The van der Waals surface area contributed by atoms with Gasteiger partial charge in [0.15, 0.2) is 11.6 Å². The molecule has 6 aromatic rings. The van der Waals surface area contributed by atoms with Crippen LogP contribution in [0.3, 0.4) is 0 Å². The number of hydrogen-bond donors (Lipinski definition) is 18. The molecule has 47 heteroatoms. The minimum absolute atomic E-state index is 0. The third-order valence-electron chi connectivity index (χ3n) is 11.9. The summed E-state index contributed by atoms with van der Waals surface area (Å²) in [6.07, 6.45) is -0.494. The van der Waals surface area contributed by atoms with Gasteiger partial charge in [-0.15, -0.1) is 0 Å². The Hall–Kier alpha value is -7.64. The largest absolute Gasteiger partial charge is 1.00 e. The first-order valence-corrected chi connectivity index (χ1v) is 33.5. The molecular formula is C58H104ClN22NaO22P+. The zero-order valence-corrected chi connectivity index (χ0v) is 63.7. The van der Waals surface area contributed by atoms with E-state index in [2.05, 4.69) is 59.8 Å². The van der Waals surface area contributed by atoms with Gasteiger partial charge in [0.25, 0.3) is 0 Å². The fraction of sp³-hybridized carbons (Fsp3) is 0.586. The average Bonchev–Trinajstić information content (AvgIpc) is 1.19. The molecule has 3 fully saturated rings. The second kappa shape index (κ2) is 51.6. The summed E-state index contributed by atoms with van der Waals surface area (Å²) < 4.78 is 73.1. The second-order valence-electron chi connectivity index (χ2n) is 22.2. The first-order chi connectivity index (χ1) is 48.4. The van der Waals surface area contributed by atoms with Crippen LogP contribution in [0, 0.1) is 13.8 Å². The quantitative estimate of drug-likeness (QED) is 0.0111. The van der Waals surface area contributed by atoms with E-state index in [1.165, 1.54) is 43.2 Å². The predicted molar refractivity (Wildman–Crippen MR) is 382 cm³/mol. The number of nitrogens with zero attached hydrogens (tertiary/aromatic N) is 12. The van der Waals surface area contributed by atoms with Crippen LogP contribution in [0.4, 0.5) is 58.8 Å². The van der Waals surface area contributed by atoms with Crippen molar-refractivity contribution in [3.05, 3.63) is 53.1 Å². The summed E-state index contributed by atoms with van der Waals surface area (Å²) in [5.74, 6) is 2.26.